The highest BCUT2D eigenvalue weighted by Gasteiger charge is 2.25. The molecule has 1 aliphatic heterocycles. The van der Waals surface area contributed by atoms with Gasteiger partial charge in [0, 0.05) is 11.3 Å². The zero-order valence-corrected chi connectivity index (χ0v) is 13.7. The maximum Gasteiger partial charge on any atom is 0.282 e. The minimum absolute atomic E-state index is 0.0125. The molecule has 0 saturated carbocycles. The number of anilines is 1. The molecule has 1 fully saturated rings. The Bertz CT molecular complexity index is 520. The first-order chi connectivity index (χ1) is 10.6. The normalized spacial score (nSPS) is 18.1. The van der Waals surface area contributed by atoms with Crippen molar-refractivity contribution in [3.8, 4) is 0 Å². The van der Waals surface area contributed by atoms with E-state index in [9.17, 15) is 9.59 Å². The second-order valence-electron chi connectivity index (χ2n) is 6.27. The van der Waals surface area contributed by atoms with Gasteiger partial charge in [-0.05, 0) is 51.7 Å². The molecule has 1 aliphatic rings. The van der Waals surface area contributed by atoms with Crippen LogP contribution in [0.1, 0.15) is 56.3 Å². The zero-order chi connectivity index (χ0) is 15.9. The lowest BCUT2D eigenvalue weighted by atomic mass is 10.1. The molecule has 1 amide bonds. The first-order valence-corrected chi connectivity index (χ1v) is 8.34. The second kappa shape index (κ2) is 8.08. The third-order valence-electron chi connectivity index (χ3n) is 4.54. The summed E-state index contributed by atoms with van der Waals surface area (Å²) in [6.45, 7) is 5.68. The highest BCUT2D eigenvalue weighted by Crippen LogP contribution is 2.11. The van der Waals surface area contributed by atoms with Gasteiger partial charge in [-0.15, -0.1) is 0 Å². The Hall–Kier alpha value is -1.68. The van der Waals surface area contributed by atoms with Gasteiger partial charge in [0.2, 0.25) is 0 Å². The molecule has 1 saturated heterocycles. The molecule has 0 radical (unpaired) electrons. The van der Waals surface area contributed by atoms with Crippen molar-refractivity contribution in [1.82, 2.24) is 0 Å². The van der Waals surface area contributed by atoms with Crippen LogP contribution in [0.2, 0.25) is 0 Å². The van der Waals surface area contributed by atoms with Gasteiger partial charge in [-0.3, -0.25) is 9.59 Å². The second-order valence-corrected chi connectivity index (χ2v) is 6.27. The molecule has 4 nitrogen and oxygen atoms in total. The Morgan fingerprint density at radius 1 is 1.09 bits per heavy atom. The number of carbonyl (C=O) groups excluding carboxylic acids is 2. The fourth-order valence-electron chi connectivity index (χ4n) is 3.04. The first kappa shape index (κ1) is 16.7. The number of carbonyl (C=O) groups is 2. The Kier molecular flexibility index (Phi) is 6.13. The summed E-state index contributed by atoms with van der Waals surface area (Å²) in [6.07, 6.45) is 6.28. The van der Waals surface area contributed by atoms with E-state index in [1.807, 2.05) is 13.0 Å². The fraction of sp³-hybridized carbons (Fsp3) is 0.556. The molecule has 0 bridgehead atoms. The van der Waals surface area contributed by atoms with Gasteiger partial charge in [0.05, 0.1) is 13.1 Å². The predicted molar refractivity (Wildman–Crippen MR) is 88.3 cm³/mol. The number of amides is 1. The molecule has 1 atom stereocenters. The standard InChI is InChI=1S/C18H26N2O2/c1-14(20-11-6-4-3-5-7-12-20)18(22)19-17-10-8-9-16(13-17)15(2)21/h8-10,13-14H,3-7,11-12H2,1-2H3,(H,19,22)/p+1/t14-/m0/s1. The van der Waals surface area contributed by atoms with Crippen molar-refractivity contribution in [3.05, 3.63) is 29.8 Å². The highest BCUT2D eigenvalue weighted by molar-refractivity contribution is 5.97. The van der Waals surface area contributed by atoms with Crippen LogP contribution in [0.4, 0.5) is 5.69 Å². The smallest absolute Gasteiger partial charge is 0.282 e. The minimum Gasteiger partial charge on any atom is -0.325 e. The van der Waals surface area contributed by atoms with E-state index < -0.39 is 0 Å². The SMILES string of the molecule is CC(=O)c1cccc(NC(=O)[C@H](C)[NH+]2CCCCCCC2)c1. The van der Waals surface area contributed by atoms with Crippen LogP contribution in [-0.2, 0) is 4.79 Å². The maximum atomic E-state index is 12.5. The molecule has 2 rings (SSSR count). The predicted octanol–water partition coefficient (Wildman–Crippen LogP) is 2.07. The van der Waals surface area contributed by atoms with Crippen molar-refractivity contribution >= 4 is 17.4 Å². The summed E-state index contributed by atoms with van der Waals surface area (Å²) in [7, 11) is 0. The summed E-state index contributed by atoms with van der Waals surface area (Å²) >= 11 is 0. The number of rotatable bonds is 4. The minimum atomic E-state index is -0.0564. The first-order valence-electron chi connectivity index (χ1n) is 8.34. The topological polar surface area (TPSA) is 50.6 Å². The Balaban J connectivity index is 1.98. The number of quaternary nitrogens is 1. The number of Topliss-reactive ketones (excluding diaryl/α,β-unsaturated/α-hetero) is 1. The van der Waals surface area contributed by atoms with Crippen LogP contribution in [0, 0.1) is 0 Å². The van der Waals surface area contributed by atoms with E-state index in [0.717, 1.165) is 13.1 Å². The van der Waals surface area contributed by atoms with E-state index in [4.69, 9.17) is 0 Å². The van der Waals surface area contributed by atoms with Gasteiger partial charge in [0.1, 0.15) is 0 Å². The summed E-state index contributed by atoms with van der Waals surface area (Å²) in [5, 5.41) is 2.96. The molecule has 120 valence electrons. The number of benzene rings is 1. The molecule has 0 aliphatic carbocycles. The van der Waals surface area contributed by atoms with Crippen LogP contribution < -0.4 is 10.2 Å². The molecule has 2 N–H and O–H groups in total. The van der Waals surface area contributed by atoms with Crippen molar-refractivity contribution in [2.24, 2.45) is 0 Å². The van der Waals surface area contributed by atoms with E-state index >= 15 is 0 Å². The van der Waals surface area contributed by atoms with Crippen molar-refractivity contribution in [1.29, 1.82) is 0 Å². The third-order valence-corrected chi connectivity index (χ3v) is 4.54. The van der Waals surface area contributed by atoms with Crippen LogP contribution >= 0.6 is 0 Å². The highest BCUT2D eigenvalue weighted by atomic mass is 16.2. The fourth-order valence-corrected chi connectivity index (χ4v) is 3.04. The monoisotopic (exact) mass is 303 g/mol. The third kappa shape index (κ3) is 4.67. The summed E-state index contributed by atoms with van der Waals surface area (Å²) in [5.74, 6) is 0.0508. The van der Waals surface area contributed by atoms with Gasteiger partial charge in [-0.1, -0.05) is 18.6 Å². The van der Waals surface area contributed by atoms with Crippen LogP contribution in [-0.4, -0.2) is 30.8 Å². The van der Waals surface area contributed by atoms with Gasteiger partial charge in [-0.25, -0.2) is 0 Å². The van der Waals surface area contributed by atoms with Crippen LogP contribution in [0.5, 0.6) is 0 Å². The van der Waals surface area contributed by atoms with E-state index in [-0.39, 0.29) is 17.7 Å². The van der Waals surface area contributed by atoms with Crippen LogP contribution in [0.15, 0.2) is 24.3 Å². The van der Waals surface area contributed by atoms with E-state index in [1.54, 1.807) is 18.2 Å². The number of nitrogens with one attached hydrogen (secondary N) is 2. The number of hydrogen-bond donors (Lipinski definition) is 2. The van der Waals surface area contributed by atoms with Crippen LogP contribution in [0.3, 0.4) is 0 Å². The van der Waals surface area contributed by atoms with Crippen molar-refractivity contribution < 1.29 is 14.5 Å². The quantitative estimate of drug-likeness (QED) is 0.837. The van der Waals surface area contributed by atoms with Crippen molar-refractivity contribution in [3.63, 3.8) is 0 Å². The molecule has 1 aromatic rings. The molecule has 1 heterocycles. The lowest BCUT2D eigenvalue weighted by molar-refractivity contribution is -0.914. The lowest BCUT2D eigenvalue weighted by Crippen LogP contribution is -3.16. The van der Waals surface area contributed by atoms with Gasteiger partial charge in [0.15, 0.2) is 11.8 Å². The number of hydrogen-bond acceptors (Lipinski definition) is 2. The van der Waals surface area contributed by atoms with E-state index in [1.165, 1.54) is 43.9 Å². The molecule has 1 aromatic carbocycles. The Morgan fingerprint density at radius 3 is 2.36 bits per heavy atom. The van der Waals surface area contributed by atoms with E-state index in [0.29, 0.717) is 11.3 Å². The molecule has 22 heavy (non-hydrogen) atoms. The number of ketones is 1. The zero-order valence-electron chi connectivity index (χ0n) is 13.7. The van der Waals surface area contributed by atoms with Gasteiger partial charge < -0.3 is 10.2 Å². The summed E-state index contributed by atoms with van der Waals surface area (Å²) in [5.41, 5.74) is 1.33. The molecular weight excluding hydrogens is 276 g/mol. The van der Waals surface area contributed by atoms with Gasteiger partial charge >= 0.3 is 0 Å². The van der Waals surface area contributed by atoms with Gasteiger partial charge in [0.25, 0.3) is 5.91 Å². The van der Waals surface area contributed by atoms with Crippen molar-refractivity contribution in [2.45, 2.75) is 52.0 Å². The number of likely N-dealkylation sites (tertiary alicyclic amines) is 1. The Morgan fingerprint density at radius 2 is 1.73 bits per heavy atom. The van der Waals surface area contributed by atoms with E-state index in [2.05, 4.69) is 5.32 Å². The average Bonchev–Trinajstić information content (AvgIpc) is 2.46. The molecule has 0 unspecified atom stereocenters. The molecule has 4 heteroatoms. The lowest BCUT2D eigenvalue weighted by Gasteiger charge is -2.27. The maximum absolute atomic E-state index is 12.5. The molecule has 0 spiro atoms. The summed E-state index contributed by atoms with van der Waals surface area (Å²) < 4.78 is 0. The summed E-state index contributed by atoms with van der Waals surface area (Å²) in [4.78, 5) is 25.3. The molecule has 0 aromatic heterocycles. The Labute approximate surface area is 132 Å². The average molecular weight is 303 g/mol. The largest absolute Gasteiger partial charge is 0.325 e. The van der Waals surface area contributed by atoms with Crippen molar-refractivity contribution in [2.75, 3.05) is 18.4 Å². The summed E-state index contributed by atoms with van der Waals surface area (Å²) in [6, 6.07) is 7.10. The molecular formula is C18H27N2O2+. The van der Waals surface area contributed by atoms with Gasteiger partial charge in [-0.2, -0.15) is 0 Å². The van der Waals surface area contributed by atoms with Crippen LogP contribution in [0.25, 0.3) is 0 Å².